The number of hydrogen-bond acceptors (Lipinski definition) is 5. The Hall–Kier alpha value is -2.44. The van der Waals surface area contributed by atoms with Gasteiger partial charge in [-0.15, -0.1) is 0 Å². The number of rotatable bonds is 9. The molecule has 1 heterocycles. The highest BCUT2D eigenvalue weighted by Crippen LogP contribution is 2.32. The standard InChI is InChI=1S/C24H31N3O2S/c1-6-29-20-10-8-19(9-11-20)16-22(28)27(13-7-12-26(4)5)24-25-21-15-17(2)14-18(3)23(21)30-24/h8-11,14-15H,6-7,12-13,16H2,1-5H3. The van der Waals surface area contributed by atoms with Crippen molar-refractivity contribution < 1.29 is 9.53 Å². The minimum absolute atomic E-state index is 0.0753. The summed E-state index contributed by atoms with van der Waals surface area (Å²) in [7, 11) is 4.10. The van der Waals surface area contributed by atoms with Gasteiger partial charge in [0, 0.05) is 6.54 Å². The smallest absolute Gasteiger partial charge is 0.233 e. The highest BCUT2D eigenvalue weighted by atomic mass is 32.1. The molecule has 0 unspecified atom stereocenters. The van der Waals surface area contributed by atoms with E-state index in [1.54, 1.807) is 11.3 Å². The van der Waals surface area contributed by atoms with Crippen molar-refractivity contribution >= 4 is 32.6 Å². The Morgan fingerprint density at radius 1 is 1.10 bits per heavy atom. The van der Waals surface area contributed by atoms with Gasteiger partial charge in [0.25, 0.3) is 0 Å². The lowest BCUT2D eigenvalue weighted by Crippen LogP contribution is -2.34. The topological polar surface area (TPSA) is 45.7 Å². The van der Waals surface area contributed by atoms with Crippen LogP contribution in [0.4, 0.5) is 5.13 Å². The maximum Gasteiger partial charge on any atom is 0.233 e. The fourth-order valence-corrected chi connectivity index (χ4v) is 4.55. The SMILES string of the molecule is CCOc1ccc(CC(=O)N(CCCN(C)C)c2nc3cc(C)cc(C)c3s2)cc1. The number of nitrogens with zero attached hydrogens (tertiary/aromatic N) is 3. The van der Waals surface area contributed by atoms with Crippen LogP contribution in [0.5, 0.6) is 5.75 Å². The van der Waals surface area contributed by atoms with E-state index in [4.69, 9.17) is 9.72 Å². The second-order valence-electron chi connectivity index (χ2n) is 7.88. The number of benzene rings is 2. The molecule has 160 valence electrons. The second kappa shape index (κ2) is 10.0. The predicted octanol–water partition coefficient (Wildman–Crippen LogP) is 4.84. The fourth-order valence-electron chi connectivity index (χ4n) is 3.49. The molecule has 30 heavy (non-hydrogen) atoms. The summed E-state index contributed by atoms with van der Waals surface area (Å²) in [4.78, 5) is 22.1. The number of carbonyl (C=O) groups excluding carboxylic acids is 1. The van der Waals surface area contributed by atoms with Crippen molar-refractivity contribution in [3.8, 4) is 5.75 Å². The third-order valence-corrected chi connectivity index (χ3v) is 6.15. The van der Waals surface area contributed by atoms with Gasteiger partial charge in [0.15, 0.2) is 5.13 Å². The number of ether oxygens (including phenoxy) is 1. The van der Waals surface area contributed by atoms with Gasteiger partial charge in [-0.25, -0.2) is 4.98 Å². The molecule has 0 saturated heterocycles. The third kappa shape index (κ3) is 5.58. The molecule has 0 saturated carbocycles. The molecule has 2 aromatic carbocycles. The van der Waals surface area contributed by atoms with Crippen molar-refractivity contribution in [3.63, 3.8) is 0 Å². The molecule has 0 radical (unpaired) electrons. The zero-order valence-electron chi connectivity index (χ0n) is 18.6. The number of anilines is 1. The molecule has 6 heteroatoms. The van der Waals surface area contributed by atoms with Crippen molar-refractivity contribution in [2.75, 3.05) is 38.7 Å². The Balaban J connectivity index is 1.84. The first-order valence-corrected chi connectivity index (χ1v) is 11.2. The van der Waals surface area contributed by atoms with Crippen LogP contribution in [0.3, 0.4) is 0 Å². The second-order valence-corrected chi connectivity index (χ2v) is 8.86. The number of carbonyl (C=O) groups is 1. The highest BCUT2D eigenvalue weighted by molar-refractivity contribution is 7.22. The molecule has 0 aliphatic rings. The summed E-state index contributed by atoms with van der Waals surface area (Å²) in [5.74, 6) is 0.903. The summed E-state index contributed by atoms with van der Waals surface area (Å²) in [6, 6.07) is 12.0. The van der Waals surface area contributed by atoms with E-state index in [9.17, 15) is 4.79 Å². The molecule has 1 aromatic heterocycles. The molecular formula is C24H31N3O2S. The fraction of sp³-hybridized carbons (Fsp3) is 0.417. The van der Waals surface area contributed by atoms with Crippen molar-refractivity contribution in [1.82, 2.24) is 9.88 Å². The largest absolute Gasteiger partial charge is 0.494 e. The first kappa shape index (κ1) is 22.2. The Kier molecular flexibility index (Phi) is 7.45. The molecule has 0 atom stereocenters. The number of thiazole rings is 1. The zero-order chi connectivity index (χ0) is 21.7. The quantitative estimate of drug-likeness (QED) is 0.492. The molecule has 0 aliphatic carbocycles. The van der Waals surface area contributed by atoms with Crippen molar-refractivity contribution in [1.29, 1.82) is 0 Å². The van der Waals surface area contributed by atoms with Gasteiger partial charge in [0.1, 0.15) is 5.75 Å². The summed E-state index contributed by atoms with van der Waals surface area (Å²) < 4.78 is 6.66. The van der Waals surface area contributed by atoms with Gasteiger partial charge in [-0.05, 0) is 82.7 Å². The van der Waals surface area contributed by atoms with Crippen LogP contribution in [0.25, 0.3) is 10.2 Å². The van der Waals surface area contributed by atoms with Gasteiger partial charge in [-0.1, -0.05) is 29.5 Å². The summed E-state index contributed by atoms with van der Waals surface area (Å²) in [6.07, 6.45) is 1.25. The average Bonchev–Trinajstić information content (AvgIpc) is 3.10. The predicted molar refractivity (Wildman–Crippen MR) is 126 cm³/mol. The highest BCUT2D eigenvalue weighted by Gasteiger charge is 2.20. The minimum Gasteiger partial charge on any atom is -0.494 e. The molecular weight excluding hydrogens is 394 g/mol. The first-order valence-electron chi connectivity index (χ1n) is 10.4. The number of aryl methyl sites for hydroxylation is 2. The van der Waals surface area contributed by atoms with Crippen LogP contribution in [0.2, 0.25) is 0 Å². The molecule has 0 spiro atoms. The van der Waals surface area contributed by atoms with E-state index in [0.29, 0.717) is 19.6 Å². The van der Waals surface area contributed by atoms with Crippen LogP contribution >= 0.6 is 11.3 Å². The number of amides is 1. The summed E-state index contributed by atoms with van der Waals surface area (Å²) >= 11 is 1.61. The lowest BCUT2D eigenvalue weighted by atomic mass is 10.1. The van der Waals surface area contributed by atoms with E-state index in [2.05, 4.69) is 45.0 Å². The first-order chi connectivity index (χ1) is 14.4. The van der Waals surface area contributed by atoms with E-state index in [-0.39, 0.29) is 5.91 Å². The Bertz CT molecular complexity index is 996. The van der Waals surface area contributed by atoms with Gasteiger partial charge < -0.3 is 9.64 Å². The Labute approximate surface area is 183 Å². The van der Waals surface area contributed by atoms with Gasteiger partial charge >= 0.3 is 0 Å². The van der Waals surface area contributed by atoms with Crippen LogP contribution in [-0.4, -0.2) is 49.6 Å². The molecule has 3 aromatic rings. The zero-order valence-corrected chi connectivity index (χ0v) is 19.4. The molecule has 5 nitrogen and oxygen atoms in total. The lowest BCUT2D eigenvalue weighted by Gasteiger charge is -2.21. The van der Waals surface area contributed by atoms with E-state index in [0.717, 1.165) is 39.6 Å². The minimum atomic E-state index is 0.0753. The molecule has 0 fully saturated rings. The van der Waals surface area contributed by atoms with E-state index in [1.165, 1.54) is 11.1 Å². The summed E-state index contributed by atoms with van der Waals surface area (Å²) in [5, 5.41) is 0.786. The number of aromatic nitrogens is 1. The average molecular weight is 426 g/mol. The Morgan fingerprint density at radius 2 is 1.83 bits per heavy atom. The van der Waals surface area contributed by atoms with E-state index in [1.807, 2.05) is 36.1 Å². The van der Waals surface area contributed by atoms with Crippen LogP contribution in [0.1, 0.15) is 30.0 Å². The number of fused-ring (bicyclic) bond motifs is 1. The van der Waals surface area contributed by atoms with Gasteiger partial charge in [-0.3, -0.25) is 9.69 Å². The van der Waals surface area contributed by atoms with E-state index < -0.39 is 0 Å². The molecule has 1 amide bonds. The van der Waals surface area contributed by atoms with Crippen molar-refractivity contribution in [2.45, 2.75) is 33.6 Å². The maximum absolute atomic E-state index is 13.3. The number of hydrogen-bond donors (Lipinski definition) is 0. The van der Waals surface area contributed by atoms with Gasteiger partial charge in [0.05, 0.1) is 23.2 Å². The Morgan fingerprint density at radius 3 is 2.50 bits per heavy atom. The van der Waals surface area contributed by atoms with Gasteiger partial charge in [-0.2, -0.15) is 0 Å². The lowest BCUT2D eigenvalue weighted by molar-refractivity contribution is -0.118. The third-order valence-electron chi connectivity index (χ3n) is 4.92. The summed E-state index contributed by atoms with van der Waals surface area (Å²) in [5.41, 5.74) is 4.35. The summed E-state index contributed by atoms with van der Waals surface area (Å²) in [6.45, 7) is 8.37. The normalized spacial score (nSPS) is 11.3. The molecule has 0 N–H and O–H groups in total. The van der Waals surface area contributed by atoms with Crippen molar-refractivity contribution in [2.24, 2.45) is 0 Å². The van der Waals surface area contributed by atoms with Crippen LogP contribution in [0, 0.1) is 13.8 Å². The van der Waals surface area contributed by atoms with Crippen LogP contribution in [0.15, 0.2) is 36.4 Å². The van der Waals surface area contributed by atoms with Crippen LogP contribution in [-0.2, 0) is 11.2 Å². The maximum atomic E-state index is 13.3. The van der Waals surface area contributed by atoms with E-state index >= 15 is 0 Å². The molecule has 3 rings (SSSR count). The monoisotopic (exact) mass is 425 g/mol. The van der Waals surface area contributed by atoms with Gasteiger partial charge in [0.2, 0.25) is 5.91 Å². The molecule has 0 aliphatic heterocycles. The van der Waals surface area contributed by atoms with Crippen LogP contribution < -0.4 is 9.64 Å². The molecule has 0 bridgehead atoms. The van der Waals surface area contributed by atoms with Crippen molar-refractivity contribution in [3.05, 3.63) is 53.1 Å².